The van der Waals surface area contributed by atoms with E-state index in [4.69, 9.17) is 4.42 Å². The molecular weight excluding hydrogens is 265 g/mol. The van der Waals surface area contributed by atoms with Gasteiger partial charge in [-0.1, -0.05) is 37.3 Å². The van der Waals surface area contributed by atoms with Crippen LogP contribution in [0.5, 0.6) is 0 Å². The number of halogens is 1. The summed E-state index contributed by atoms with van der Waals surface area (Å²) >= 11 is 0. The third kappa shape index (κ3) is 2.98. The molecule has 2 aromatic carbocycles. The van der Waals surface area contributed by atoms with Crippen molar-refractivity contribution < 1.29 is 8.81 Å². The first-order chi connectivity index (χ1) is 10.3. The van der Waals surface area contributed by atoms with E-state index in [1.807, 2.05) is 18.2 Å². The summed E-state index contributed by atoms with van der Waals surface area (Å²) in [4.78, 5) is 0. The molecule has 3 rings (SSSR count). The highest BCUT2D eigenvalue weighted by Gasteiger charge is 2.11. The van der Waals surface area contributed by atoms with Gasteiger partial charge in [-0.2, -0.15) is 0 Å². The summed E-state index contributed by atoms with van der Waals surface area (Å²) in [6.07, 6.45) is 0.877. The van der Waals surface area contributed by atoms with Crippen LogP contribution in [0.1, 0.15) is 23.8 Å². The van der Waals surface area contributed by atoms with Crippen molar-refractivity contribution in [1.29, 1.82) is 0 Å². The molecule has 0 aliphatic carbocycles. The number of hydrogen-bond acceptors (Lipinski definition) is 2. The lowest BCUT2D eigenvalue weighted by Gasteiger charge is -2.05. The quantitative estimate of drug-likeness (QED) is 0.749. The second kappa shape index (κ2) is 6.10. The molecule has 0 bridgehead atoms. The third-order valence-electron chi connectivity index (χ3n) is 3.65. The Morgan fingerprint density at radius 2 is 1.76 bits per heavy atom. The van der Waals surface area contributed by atoms with Crippen LogP contribution in [0.2, 0.25) is 0 Å². The van der Waals surface area contributed by atoms with Crippen LogP contribution >= 0.6 is 0 Å². The van der Waals surface area contributed by atoms with Crippen molar-refractivity contribution in [3.05, 3.63) is 71.2 Å². The Morgan fingerprint density at radius 1 is 1.00 bits per heavy atom. The average Bonchev–Trinajstić information content (AvgIpc) is 2.87. The standard InChI is InChI=1S/C18H18FNO/c1-2-17-16(15-5-3-4-6-18(15)21-17)12-20-11-13-7-9-14(19)10-8-13/h3-10,20H,2,11-12H2,1H3. The molecule has 1 aromatic heterocycles. The van der Waals surface area contributed by atoms with Gasteiger partial charge < -0.3 is 9.73 Å². The zero-order valence-corrected chi connectivity index (χ0v) is 12.0. The van der Waals surface area contributed by atoms with E-state index in [9.17, 15) is 4.39 Å². The van der Waals surface area contributed by atoms with Gasteiger partial charge in [0, 0.05) is 30.5 Å². The highest BCUT2D eigenvalue weighted by molar-refractivity contribution is 5.82. The largest absolute Gasteiger partial charge is 0.461 e. The molecule has 0 atom stereocenters. The van der Waals surface area contributed by atoms with Gasteiger partial charge in [-0.05, 0) is 23.8 Å². The van der Waals surface area contributed by atoms with Crippen LogP contribution in [0.4, 0.5) is 4.39 Å². The van der Waals surface area contributed by atoms with Gasteiger partial charge in [-0.25, -0.2) is 4.39 Å². The van der Waals surface area contributed by atoms with Crippen molar-refractivity contribution in [3.8, 4) is 0 Å². The summed E-state index contributed by atoms with van der Waals surface area (Å²) in [5.74, 6) is 0.829. The SMILES string of the molecule is CCc1oc2ccccc2c1CNCc1ccc(F)cc1. The topological polar surface area (TPSA) is 25.2 Å². The van der Waals surface area contributed by atoms with Crippen molar-refractivity contribution in [1.82, 2.24) is 5.32 Å². The molecule has 0 aliphatic rings. The molecule has 0 saturated heterocycles. The summed E-state index contributed by atoms with van der Waals surface area (Å²) in [5, 5.41) is 4.58. The monoisotopic (exact) mass is 283 g/mol. The molecule has 0 aliphatic heterocycles. The predicted octanol–water partition coefficient (Wildman–Crippen LogP) is 4.42. The molecular formula is C18H18FNO. The maximum atomic E-state index is 12.9. The van der Waals surface area contributed by atoms with E-state index in [2.05, 4.69) is 18.3 Å². The lowest BCUT2D eigenvalue weighted by molar-refractivity contribution is 0.544. The predicted molar refractivity (Wildman–Crippen MR) is 82.5 cm³/mol. The van der Waals surface area contributed by atoms with Crippen molar-refractivity contribution >= 4 is 11.0 Å². The number of nitrogens with one attached hydrogen (secondary N) is 1. The van der Waals surface area contributed by atoms with Gasteiger partial charge in [-0.3, -0.25) is 0 Å². The van der Waals surface area contributed by atoms with E-state index in [0.29, 0.717) is 6.54 Å². The molecule has 2 nitrogen and oxygen atoms in total. The molecule has 3 aromatic rings. The number of furan rings is 1. The number of para-hydroxylation sites is 1. The number of benzene rings is 2. The van der Waals surface area contributed by atoms with Gasteiger partial charge in [0.2, 0.25) is 0 Å². The molecule has 1 N–H and O–H groups in total. The number of aryl methyl sites for hydroxylation is 1. The van der Waals surface area contributed by atoms with Crippen LogP contribution in [0.25, 0.3) is 11.0 Å². The first-order valence-electron chi connectivity index (χ1n) is 7.22. The van der Waals surface area contributed by atoms with Crippen LogP contribution in [0, 0.1) is 5.82 Å². The lowest BCUT2D eigenvalue weighted by Crippen LogP contribution is -2.13. The molecule has 0 fully saturated rings. The minimum Gasteiger partial charge on any atom is -0.461 e. The minimum atomic E-state index is -0.201. The van der Waals surface area contributed by atoms with E-state index >= 15 is 0 Å². The van der Waals surface area contributed by atoms with Crippen molar-refractivity contribution in [2.75, 3.05) is 0 Å². The second-order valence-corrected chi connectivity index (χ2v) is 5.08. The molecule has 108 valence electrons. The molecule has 0 amide bonds. The van der Waals surface area contributed by atoms with E-state index < -0.39 is 0 Å². The highest BCUT2D eigenvalue weighted by atomic mass is 19.1. The maximum absolute atomic E-state index is 12.9. The fourth-order valence-corrected chi connectivity index (χ4v) is 2.56. The van der Waals surface area contributed by atoms with Gasteiger partial charge in [0.15, 0.2) is 0 Å². The summed E-state index contributed by atoms with van der Waals surface area (Å²) in [6, 6.07) is 14.7. The molecule has 1 heterocycles. The van der Waals surface area contributed by atoms with Crippen molar-refractivity contribution in [3.63, 3.8) is 0 Å². The Morgan fingerprint density at radius 3 is 2.52 bits per heavy atom. The Kier molecular flexibility index (Phi) is 4.02. The molecule has 0 radical (unpaired) electrons. The Bertz CT molecular complexity index is 731. The number of hydrogen-bond donors (Lipinski definition) is 1. The molecule has 21 heavy (non-hydrogen) atoms. The van der Waals surface area contributed by atoms with Crippen LogP contribution < -0.4 is 5.32 Å². The Hall–Kier alpha value is -2.13. The number of fused-ring (bicyclic) bond motifs is 1. The molecule has 0 unspecified atom stereocenters. The molecule has 0 spiro atoms. The van der Waals surface area contributed by atoms with E-state index in [1.165, 1.54) is 23.1 Å². The van der Waals surface area contributed by atoms with Crippen molar-refractivity contribution in [2.24, 2.45) is 0 Å². The van der Waals surface area contributed by atoms with Crippen molar-refractivity contribution in [2.45, 2.75) is 26.4 Å². The summed E-state index contributed by atoms with van der Waals surface area (Å²) in [7, 11) is 0. The van der Waals surface area contributed by atoms with Crippen LogP contribution in [-0.4, -0.2) is 0 Å². The zero-order chi connectivity index (χ0) is 14.7. The first kappa shape index (κ1) is 13.8. The van der Waals surface area contributed by atoms with E-state index in [-0.39, 0.29) is 5.82 Å². The van der Waals surface area contributed by atoms with Gasteiger partial charge in [0.05, 0.1) is 0 Å². The second-order valence-electron chi connectivity index (χ2n) is 5.08. The third-order valence-corrected chi connectivity index (χ3v) is 3.65. The van der Waals surface area contributed by atoms with E-state index in [1.54, 1.807) is 12.1 Å². The van der Waals surface area contributed by atoms with Gasteiger partial charge in [0.25, 0.3) is 0 Å². The van der Waals surface area contributed by atoms with Crippen LogP contribution in [-0.2, 0) is 19.5 Å². The maximum Gasteiger partial charge on any atom is 0.134 e. The smallest absolute Gasteiger partial charge is 0.134 e. The summed E-state index contributed by atoms with van der Waals surface area (Å²) < 4.78 is 18.7. The fourth-order valence-electron chi connectivity index (χ4n) is 2.56. The normalized spacial score (nSPS) is 11.1. The van der Waals surface area contributed by atoms with Gasteiger partial charge in [-0.15, -0.1) is 0 Å². The molecule has 3 heteroatoms. The summed E-state index contributed by atoms with van der Waals surface area (Å²) in [6.45, 7) is 3.56. The summed E-state index contributed by atoms with van der Waals surface area (Å²) in [5.41, 5.74) is 3.23. The fraction of sp³-hybridized carbons (Fsp3) is 0.222. The Labute approximate surface area is 123 Å². The highest BCUT2D eigenvalue weighted by Crippen LogP contribution is 2.26. The molecule has 0 saturated carbocycles. The minimum absolute atomic E-state index is 0.201. The first-order valence-corrected chi connectivity index (χ1v) is 7.22. The van der Waals surface area contributed by atoms with E-state index in [0.717, 1.165) is 29.9 Å². The lowest BCUT2D eigenvalue weighted by atomic mass is 10.1. The van der Waals surface area contributed by atoms with Gasteiger partial charge in [0.1, 0.15) is 17.2 Å². The number of rotatable bonds is 5. The Balaban J connectivity index is 1.74. The zero-order valence-electron chi connectivity index (χ0n) is 12.0. The average molecular weight is 283 g/mol. The van der Waals surface area contributed by atoms with Crippen LogP contribution in [0.15, 0.2) is 52.9 Å². The van der Waals surface area contributed by atoms with Crippen LogP contribution in [0.3, 0.4) is 0 Å². The van der Waals surface area contributed by atoms with Gasteiger partial charge >= 0.3 is 0 Å².